The second-order valence-electron chi connectivity index (χ2n) is 6.73. The Kier molecular flexibility index (Phi) is 7.25. The Hall–Kier alpha value is -1.39. The molecule has 2 aromatic carbocycles. The Labute approximate surface area is 151 Å². The van der Waals surface area contributed by atoms with Crippen molar-refractivity contribution in [1.29, 1.82) is 0 Å². The van der Waals surface area contributed by atoms with Crippen LogP contribution in [0.2, 0.25) is 5.02 Å². The zero-order valence-corrected chi connectivity index (χ0v) is 15.7. The van der Waals surface area contributed by atoms with Crippen LogP contribution in [0.1, 0.15) is 17.5 Å². The molecule has 0 amide bonds. The van der Waals surface area contributed by atoms with Crippen molar-refractivity contribution >= 4 is 11.6 Å². The first-order valence-corrected chi connectivity index (χ1v) is 8.77. The van der Waals surface area contributed by atoms with Crippen molar-refractivity contribution in [2.45, 2.75) is 19.5 Å². The number of quaternary nitrogens is 1. The molecule has 0 aliphatic heterocycles. The predicted molar refractivity (Wildman–Crippen MR) is 101 cm³/mol. The van der Waals surface area contributed by atoms with Crippen LogP contribution in [0.25, 0.3) is 0 Å². The van der Waals surface area contributed by atoms with Gasteiger partial charge in [0.2, 0.25) is 0 Å². The molecule has 0 heterocycles. The Morgan fingerprint density at radius 2 is 1.67 bits per heavy atom. The van der Waals surface area contributed by atoms with E-state index in [1.54, 1.807) is 0 Å². The van der Waals surface area contributed by atoms with E-state index in [1.807, 2.05) is 18.2 Å². The third-order valence-electron chi connectivity index (χ3n) is 3.93. The van der Waals surface area contributed by atoms with Crippen molar-refractivity contribution in [3.05, 3.63) is 70.7 Å². The first-order valence-electron chi connectivity index (χ1n) is 8.40. The van der Waals surface area contributed by atoms with Crippen LogP contribution in [0.3, 0.4) is 0 Å². The van der Waals surface area contributed by atoms with Crippen LogP contribution in [-0.4, -0.2) is 43.8 Å². The molecule has 3 nitrogen and oxygen atoms in total. The molecule has 130 valence electrons. The standard InChI is InChI=1S/C20H28ClN2O/c1-22(16-18-10-5-4-6-11-18)14-9-15-24-23(2,3)17-19-12-7-8-13-20(19)21/h4-8,10-13H,9,14-17H2,1-3H3/q+1. The number of hydrogen-bond donors (Lipinski definition) is 0. The van der Waals surface area contributed by atoms with E-state index in [4.69, 9.17) is 16.4 Å². The summed E-state index contributed by atoms with van der Waals surface area (Å²) < 4.78 is 0.478. The molecule has 0 radical (unpaired) electrons. The number of rotatable bonds is 9. The Bertz CT molecular complexity index is 616. The number of halogens is 1. The Morgan fingerprint density at radius 1 is 1.00 bits per heavy atom. The third kappa shape index (κ3) is 6.62. The summed E-state index contributed by atoms with van der Waals surface area (Å²) in [4.78, 5) is 8.37. The lowest BCUT2D eigenvalue weighted by Crippen LogP contribution is -2.39. The molecule has 0 aliphatic carbocycles. The van der Waals surface area contributed by atoms with E-state index in [0.29, 0.717) is 4.65 Å². The second-order valence-corrected chi connectivity index (χ2v) is 7.14. The summed E-state index contributed by atoms with van der Waals surface area (Å²) in [6, 6.07) is 18.5. The molecule has 24 heavy (non-hydrogen) atoms. The minimum Gasteiger partial charge on any atom is -0.302 e. The largest absolute Gasteiger partial charge is 0.302 e. The van der Waals surface area contributed by atoms with Gasteiger partial charge in [-0.1, -0.05) is 60.1 Å². The fraction of sp³-hybridized carbons (Fsp3) is 0.400. The molecule has 0 bridgehead atoms. The maximum absolute atomic E-state index is 6.24. The molecule has 0 saturated carbocycles. The average molecular weight is 348 g/mol. The minimum absolute atomic E-state index is 0.478. The van der Waals surface area contributed by atoms with Gasteiger partial charge < -0.3 is 4.90 Å². The molecule has 0 aromatic heterocycles. The summed E-state index contributed by atoms with van der Waals surface area (Å²) in [7, 11) is 6.28. The normalized spacial score (nSPS) is 11.9. The Balaban J connectivity index is 1.70. The maximum Gasteiger partial charge on any atom is 0.135 e. The van der Waals surface area contributed by atoms with Crippen molar-refractivity contribution in [2.75, 3.05) is 34.3 Å². The quantitative estimate of drug-likeness (QED) is 0.379. The number of nitrogens with zero attached hydrogens (tertiary/aromatic N) is 2. The fourth-order valence-electron chi connectivity index (χ4n) is 2.70. The van der Waals surface area contributed by atoms with Crippen molar-refractivity contribution in [2.24, 2.45) is 0 Å². The van der Waals surface area contributed by atoms with Gasteiger partial charge in [0.25, 0.3) is 0 Å². The van der Waals surface area contributed by atoms with Crippen molar-refractivity contribution in [3.63, 3.8) is 0 Å². The van der Waals surface area contributed by atoms with Gasteiger partial charge in [0, 0.05) is 23.7 Å². The van der Waals surface area contributed by atoms with E-state index in [0.717, 1.165) is 43.2 Å². The molecular weight excluding hydrogens is 320 g/mol. The molecule has 2 rings (SSSR count). The van der Waals surface area contributed by atoms with Crippen LogP contribution >= 0.6 is 11.6 Å². The lowest BCUT2D eigenvalue weighted by molar-refractivity contribution is -1.09. The van der Waals surface area contributed by atoms with Crippen molar-refractivity contribution in [1.82, 2.24) is 4.90 Å². The second kappa shape index (κ2) is 9.19. The van der Waals surface area contributed by atoms with E-state index < -0.39 is 0 Å². The van der Waals surface area contributed by atoms with Gasteiger partial charge in [-0.05, 0) is 25.1 Å². The summed E-state index contributed by atoms with van der Waals surface area (Å²) in [5, 5.41) is 0.801. The highest BCUT2D eigenvalue weighted by Gasteiger charge is 2.19. The third-order valence-corrected chi connectivity index (χ3v) is 4.30. The van der Waals surface area contributed by atoms with Gasteiger partial charge in [-0.25, -0.2) is 4.84 Å². The molecule has 4 heteroatoms. The molecule has 0 aliphatic rings. The first kappa shape index (κ1) is 18.9. The van der Waals surface area contributed by atoms with E-state index >= 15 is 0 Å². The molecule has 0 saturated heterocycles. The molecular formula is C20H28ClN2O+. The van der Waals surface area contributed by atoms with Crippen LogP contribution in [0.4, 0.5) is 0 Å². The summed E-state index contributed by atoms with van der Waals surface area (Å²) in [5.41, 5.74) is 2.46. The van der Waals surface area contributed by atoms with Gasteiger partial charge in [-0.3, -0.25) is 0 Å². The first-order chi connectivity index (χ1) is 11.5. The summed E-state index contributed by atoms with van der Waals surface area (Å²) in [5.74, 6) is 0. The lowest BCUT2D eigenvalue weighted by atomic mass is 10.2. The highest BCUT2D eigenvalue weighted by molar-refractivity contribution is 6.31. The molecule has 0 unspecified atom stereocenters. The number of benzene rings is 2. The van der Waals surface area contributed by atoms with Crippen molar-refractivity contribution < 1.29 is 9.48 Å². The minimum atomic E-state index is 0.478. The summed E-state index contributed by atoms with van der Waals surface area (Å²) in [6.07, 6.45) is 1.01. The fourth-order valence-corrected chi connectivity index (χ4v) is 2.90. The van der Waals surface area contributed by atoms with Gasteiger partial charge in [0.05, 0.1) is 14.1 Å². The van der Waals surface area contributed by atoms with Crippen LogP contribution in [0, 0.1) is 0 Å². The van der Waals surface area contributed by atoms with Crippen LogP contribution < -0.4 is 0 Å². The van der Waals surface area contributed by atoms with Gasteiger partial charge in [0.15, 0.2) is 0 Å². The zero-order chi connectivity index (χ0) is 17.4. The Morgan fingerprint density at radius 3 is 2.38 bits per heavy atom. The van der Waals surface area contributed by atoms with E-state index in [1.165, 1.54) is 5.56 Å². The highest BCUT2D eigenvalue weighted by atomic mass is 35.5. The molecule has 0 fully saturated rings. The molecule has 0 N–H and O–H groups in total. The molecule has 0 atom stereocenters. The van der Waals surface area contributed by atoms with Gasteiger partial charge in [0.1, 0.15) is 13.2 Å². The molecule has 2 aromatic rings. The van der Waals surface area contributed by atoms with E-state index in [9.17, 15) is 0 Å². The lowest BCUT2D eigenvalue weighted by Gasteiger charge is -2.27. The van der Waals surface area contributed by atoms with Crippen LogP contribution in [0.15, 0.2) is 54.6 Å². The number of hydrogen-bond acceptors (Lipinski definition) is 2. The van der Waals surface area contributed by atoms with E-state index in [-0.39, 0.29) is 0 Å². The topological polar surface area (TPSA) is 12.5 Å². The van der Waals surface area contributed by atoms with Gasteiger partial charge >= 0.3 is 0 Å². The average Bonchev–Trinajstić information content (AvgIpc) is 2.55. The number of hydroxylamine groups is 3. The smallest absolute Gasteiger partial charge is 0.135 e. The van der Waals surface area contributed by atoms with Gasteiger partial charge in [-0.2, -0.15) is 4.65 Å². The monoisotopic (exact) mass is 347 g/mol. The SMILES string of the molecule is CN(CCCO[N+](C)(C)Cc1ccccc1Cl)Cc1ccccc1. The van der Waals surface area contributed by atoms with Crippen molar-refractivity contribution in [3.8, 4) is 0 Å². The zero-order valence-electron chi connectivity index (χ0n) is 14.9. The van der Waals surface area contributed by atoms with E-state index in [2.05, 4.69) is 62.4 Å². The summed E-state index contributed by atoms with van der Waals surface area (Å²) >= 11 is 6.24. The highest BCUT2D eigenvalue weighted by Crippen LogP contribution is 2.19. The van der Waals surface area contributed by atoms with Gasteiger partial charge in [-0.15, -0.1) is 0 Å². The summed E-state index contributed by atoms with van der Waals surface area (Å²) in [6.45, 7) is 3.48. The molecule has 0 spiro atoms. The predicted octanol–water partition coefficient (Wildman–Crippen LogP) is 4.37. The maximum atomic E-state index is 6.24. The van der Waals surface area contributed by atoms with Crippen LogP contribution in [0.5, 0.6) is 0 Å². The van der Waals surface area contributed by atoms with Crippen LogP contribution in [-0.2, 0) is 17.9 Å².